The van der Waals surface area contributed by atoms with E-state index in [4.69, 9.17) is 11.6 Å². The summed E-state index contributed by atoms with van der Waals surface area (Å²) in [5, 5.41) is 0.596. The van der Waals surface area contributed by atoms with Crippen molar-refractivity contribution >= 4 is 11.6 Å². The lowest BCUT2D eigenvalue weighted by atomic mass is 9.82. The van der Waals surface area contributed by atoms with Crippen LogP contribution in [0.1, 0.15) is 38.7 Å². The number of nitrogens with zero attached hydrogens (tertiary/aromatic N) is 2. The summed E-state index contributed by atoms with van der Waals surface area (Å²) in [6, 6.07) is 4.03. The second kappa shape index (κ2) is 5.36. The van der Waals surface area contributed by atoms with Gasteiger partial charge in [-0.2, -0.15) is 0 Å². The third-order valence-corrected chi connectivity index (χ3v) is 4.42. The van der Waals surface area contributed by atoms with E-state index in [1.165, 1.54) is 37.9 Å². The minimum atomic E-state index is 0.552. The molecule has 0 bridgehead atoms. The molecular formula is C14H21ClN2. The quantitative estimate of drug-likeness (QED) is 0.759. The maximum atomic E-state index is 5.91. The van der Waals surface area contributed by atoms with E-state index < -0.39 is 0 Å². The number of likely N-dealkylation sites (tertiary alicyclic amines) is 1. The van der Waals surface area contributed by atoms with E-state index in [9.17, 15) is 0 Å². The van der Waals surface area contributed by atoms with Gasteiger partial charge in [0, 0.05) is 19.3 Å². The monoisotopic (exact) mass is 252 g/mol. The van der Waals surface area contributed by atoms with Crippen molar-refractivity contribution in [3.63, 3.8) is 0 Å². The highest BCUT2D eigenvalue weighted by Crippen LogP contribution is 2.37. The predicted octanol–water partition coefficient (Wildman–Crippen LogP) is 3.75. The van der Waals surface area contributed by atoms with E-state index in [1.807, 2.05) is 6.07 Å². The highest BCUT2D eigenvalue weighted by atomic mass is 35.5. The molecule has 0 atom stereocenters. The van der Waals surface area contributed by atoms with Gasteiger partial charge in [-0.05, 0) is 48.9 Å². The molecule has 0 aliphatic carbocycles. The molecule has 0 aromatic carbocycles. The Morgan fingerprint density at radius 2 is 2.18 bits per heavy atom. The Morgan fingerprint density at radius 1 is 1.41 bits per heavy atom. The number of hydrogen-bond acceptors (Lipinski definition) is 2. The largest absolute Gasteiger partial charge is 0.299 e. The fraction of sp³-hybridized carbons (Fsp3) is 0.643. The fourth-order valence-corrected chi connectivity index (χ4v) is 2.99. The van der Waals surface area contributed by atoms with Crippen LogP contribution in [0, 0.1) is 5.41 Å². The van der Waals surface area contributed by atoms with E-state index in [2.05, 4.69) is 29.8 Å². The Kier molecular flexibility index (Phi) is 4.05. The molecule has 0 N–H and O–H groups in total. The van der Waals surface area contributed by atoms with Gasteiger partial charge in [-0.25, -0.2) is 4.98 Å². The van der Waals surface area contributed by atoms with Gasteiger partial charge in [0.2, 0.25) is 0 Å². The van der Waals surface area contributed by atoms with Crippen molar-refractivity contribution in [3.8, 4) is 0 Å². The predicted molar refractivity (Wildman–Crippen MR) is 72.2 cm³/mol. The molecule has 1 fully saturated rings. The van der Waals surface area contributed by atoms with E-state index >= 15 is 0 Å². The first-order chi connectivity index (χ1) is 8.17. The van der Waals surface area contributed by atoms with Crippen LogP contribution in [0.4, 0.5) is 0 Å². The maximum Gasteiger partial charge on any atom is 0.129 e. The second-order valence-electron chi connectivity index (χ2n) is 5.15. The Morgan fingerprint density at radius 3 is 2.76 bits per heavy atom. The Labute approximate surface area is 109 Å². The number of halogens is 1. The first-order valence-corrected chi connectivity index (χ1v) is 6.88. The summed E-state index contributed by atoms with van der Waals surface area (Å²) in [5.41, 5.74) is 1.82. The van der Waals surface area contributed by atoms with Crippen LogP contribution in [0.2, 0.25) is 5.15 Å². The molecule has 0 radical (unpaired) electrons. The molecule has 1 aromatic heterocycles. The summed E-state index contributed by atoms with van der Waals surface area (Å²) < 4.78 is 0. The molecule has 0 saturated carbocycles. The molecule has 2 heterocycles. The highest BCUT2D eigenvalue weighted by molar-refractivity contribution is 6.29. The van der Waals surface area contributed by atoms with Gasteiger partial charge in [0.25, 0.3) is 0 Å². The molecule has 0 spiro atoms. The third kappa shape index (κ3) is 2.99. The number of aromatic nitrogens is 1. The summed E-state index contributed by atoms with van der Waals surface area (Å²) in [6.07, 6.45) is 5.70. The molecule has 0 unspecified atom stereocenters. The van der Waals surface area contributed by atoms with Gasteiger partial charge < -0.3 is 0 Å². The lowest BCUT2D eigenvalue weighted by Crippen LogP contribution is -2.26. The van der Waals surface area contributed by atoms with E-state index in [-0.39, 0.29) is 0 Å². The molecule has 17 heavy (non-hydrogen) atoms. The van der Waals surface area contributed by atoms with E-state index in [1.54, 1.807) is 6.20 Å². The van der Waals surface area contributed by atoms with Crippen molar-refractivity contribution < 1.29 is 0 Å². The topological polar surface area (TPSA) is 16.1 Å². The molecule has 0 amide bonds. The van der Waals surface area contributed by atoms with Crippen LogP contribution in [0.25, 0.3) is 0 Å². The average molecular weight is 253 g/mol. The van der Waals surface area contributed by atoms with Gasteiger partial charge in [-0.15, -0.1) is 0 Å². The molecule has 1 aliphatic heterocycles. The smallest absolute Gasteiger partial charge is 0.129 e. The van der Waals surface area contributed by atoms with E-state index in [0.717, 1.165) is 6.54 Å². The Balaban J connectivity index is 1.98. The Bertz CT molecular complexity index is 374. The highest BCUT2D eigenvalue weighted by Gasteiger charge is 2.34. The van der Waals surface area contributed by atoms with Crippen LogP contribution < -0.4 is 0 Å². The molecule has 1 aromatic rings. The molecule has 2 rings (SSSR count). The first kappa shape index (κ1) is 12.8. The van der Waals surface area contributed by atoms with Crippen molar-refractivity contribution in [1.29, 1.82) is 0 Å². The van der Waals surface area contributed by atoms with Crippen molar-refractivity contribution in [3.05, 3.63) is 29.0 Å². The van der Waals surface area contributed by atoms with Crippen LogP contribution >= 0.6 is 11.6 Å². The first-order valence-electron chi connectivity index (χ1n) is 6.50. The normalized spacial score (nSPS) is 19.7. The van der Waals surface area contributed by atoms with Crippen LogP contribution in [-0.4, -0.2) is 23.0 Å². The third-order valence-electron chi connectivity index (χ3n) is 4.21. The SMILES string of the molecule is CCC1(CC)CCN(Cc2ccnc(Cl)c2)C1. The van der Waals surface area contributed by atoms with E-state index in [0.29, 0.717) is 10.6 Å². The lowest BCUT2D eigenvalue weighted by molar-refractivity contribution is 0.236. The van der Waals surface area contributed by atoms with Crippen LogP contribution in [0.3, 0.4) is 0 Å². The second-order valence-corrected chi connectivity index (χ2v) is 5.54. The lowest BCUT2D eigenvalue weighted by Gasteiger charge is -2.26. The minimum Gasteiger partial charge on any atom is -0.299 e. The van der Waals surface area contributed by atoms with Gasteiger partial charge in [-0.3, -0.25) is 4.90 Å². The van der Waals surface area contributed by atoms with Gasteiger partial charge >= 0.3 is 0 Å². The molecule has 1 saturated heterocycles. The van der Waals surface area contributed by atoms with Gasteiger partial charge in [0.1, 0.15) is 5.15 Å². The number of pyridine rings is 1. The average Bonchev–Trinajstić information content (AvgIpc) is 2.73. The molecule has 2 nitrogen and oxygen atoms in total. The minimum absolute atomic E-state index is 0.552. The van der Waals surface area contributed by atoms with Crippen molar-refractivity contribution in [2.24, 2.45) is 5.41 Å². The number of hydrogen-bond donors (Lipinski definition) is 0. The van der Waals surface area contributed by atoms with Crippen LogP contribution in [-0.2, 0) is 6.54 Å². The zero-order valence-corrected chi connectivity index (χ0v) is 11.5. The zero-order chi connectivity index (χ0) is 12.3. The summed E-state index contributed by atoms with van der Waals surface area (Å²) >= 11 is 5.91. The molecule has 94 valence electrons. The van der Waals surface area contributed by atoms with Crippen molar-refractivity contribution in [2.45, 2.75) is 39.7 Å². The van der Waals surface area contributed by atoms with Crippen molar-refractivity contribution in [1.82, 2.24) is 9.88 Å². The molecule has 1 aliphatic rings. The number of rotatable bonds is 4. The summed E-state index contributed by atoms with van der Waals surface area (Å²) in [5.74, 6) is 0. The van der Waals surface area contributed by atoms with Gasteiger partial charge in [0.15, 0.2) is 0 Å². The molecule has 3 heteroatoms. The maximum absolute atomic E-state index is 5.91. The van der Waals surface area contributed by atoms with Crippen molar-refractivity contribution in [2.75, 3.05) is 13.1 Å². The molecular weight excluding hydrogens is 232 g/mol. The fourth-order valence-electron chi connectivity index (χ4n) is 2.79. The van der Waals surface area contributed by atoms with Gasteiger partial charge in [0.05, 0.1) is 0 Å². The Hall–Kier alpha value is -0.600. The van der Waals surface area contributed by atoms with Crippen LogP contribution in [0.5, 0.6) is 0 Å². The summed E-state index contributed by atoms with van der Waals surface area (Å²) in [7, 11) is 0. The standard InChI is InChI=1S/C14H21ClN2/c1-3-14(4-2)6-8-17(11-14)10-12-5-7-16-13(15)9-12/h5,7,9H,3-4,6,8,10-11H2,1-2H3. The summed E-state index contributed by atoms with van der Waals surface area (Å²) in [6.45, 7) is 8.07. The zero-order valence-electron chi connectivity index (χ0n) is 10.7. The van der Waals surface area contributed by atoms with Crippen LogP contribution in [0.15, 0.2) is 18.3 Å². The summed E-state index contributed by atoms with van der Waals surface area (Å²) in [4.78, 5) is 6.56. The van der Waals surface area contributed by atoms with Gasteiger partial charge in [-0.1, -0.05) is 25.4 Å².